The summed E-state index contributed by atoms with van der Waals surface area (Å²) in [6, 6.07) is 13.3. The Kier molecular flexibility index (Phi) is 3.38. The zero-order valence-corrected chi connectivity index (χ0v) is 13.4. The van der Waals surface area contributed by atoms with Gasteiger partial charge in [-0.05, 0) is 38.1 Å². The van der Waals surface area contributed by atoms with Crippen LogP contribution in [0.5, 0.6) is 17.2 Å². The van der Waals surface area contributed by atoms with E-state index in [1.165, 1.54) is 0 Å². The predicted octanol–water partition coefficient (Wildman–Crippen LogP) is 4.83. The van der Waals surface area contributed by atoms with Gasteiger partial charge in [0.15, 0.2) is 11.5 Å². The molecule has 0 aliphatic carbocycles. The lowest BCUT2D eigenvalue weighted by molar-refractivity contribution is 0.135. The zero-order valence-electron chi connectivity index (χ0n) is 11.8. The van der Waals surface area contributed by atoms with E-state index in [1.807, 2.05) is 24.3 Å². The second-order valence-corrected chi connectivity index (χ2v) is 6.55. The topological polar surface area (TPSA) is 42.2 Å². The van der Waals surface area contributed by atoms with Crippen molar-refractivity contribution < 1.29 is 9.47 Å². The van der Waals surface area contributed by atoms with Crippen LogP contribution in [0, 0.1) is 11.3 Å². The maximum atomic E-state index is 9.19. The zero-order chi connectivity index (χ0) is 15.0. The summed E-state index contributed by atoms with van der Waals surface area (Å²) in [5, 5.41) is 9.19. The Morgan fingerprint density at radius 1 is 1.24 bits per heavy atom. The minimum absolute atomic E-state index is 0.225. The Morgan fingerprint density at radius 2 is 2.05 bits per heavy atom. The molecule has 0 aromatic heterocycles. The molecule has 0 atom stereocenters. The SMILES string of the molecule is CC1(C)Cc2cccc(Oc3cc(Br)ccc3C#N)c2O1. The molecule has 0 radical (unpaired) electrons. The van der Waals surface area contributed by atoms with Crippen LogP contribution in [0.3, 0.4) is 0 Å². The van der Waals surface area contributed by atoms with Gasteiger partial charge in [0, 0.05) is 16.5 Å². The van der Waals surface area contributed by atoms with E-state index in [4.69, 9.17) is 9.47 Å². The fraction of sp³-hybridized carbons (Fsp3) is 0.235. The number of hydrogen-bond donors (Lipinski definition) is 0. The van der Waals surface area contributed by atoms with Crippen molar-refractivity contribution >= 4 is 15.9 Å². The molecule has 0 spiro atoms. The molecular weight excluding hydrogens is 330 g/mol. The third-order valence-electron chi connectivity index (χ3n) is 3.34. The number of ether oxygens (including phenoxy) is 2. The molecule has 0 N–H and O–H groups in total. The predicted molar refractivity (Wildman–Crippen MR) is 83.8 cm³/mol. The Morgan fingerprint density at radius 3 is 2.81 bits per heavy atom. The van der Waals surface area contributed by atoms with Crippen molar-refractivity contribution in [2.24, 2.45) is 0 Å². The van der Waals surface area contributed by atoms with Gasteiger partial charge in [-0.15, -0.1) is 0 Å². The molecule has 3 nitrogen and oxygen atoms in total. The lowest BCUT2D eigenvalue weighted by Gasteiger charge is -2.18. The van der Waals surface area contributed by atoms with Crippen molar-refractivity contribution in [2.45, 2.75) is 25.9 Å². The number of benzene rings is 2. The molecule has 0 saturated carbocycles. The average Bonchev–Trinajstić information content (AvgIpc) is 2.74. The number of nitrogens with zero attached hydrogens (tertiary/aromatic N) is 1. The van der Waals surface area contributed by atoms with Crippen LogP contribution in [0.25, 0.3) is 0 Å². The van der Waals surface area contributed by atoms with Crippen LogP contribution in [0.15, 0.2) is 40.9 Å². The van der Waals surface area contributed by atoms with E-state index in [2.05, 4.69) is 35.8 Å². The van der Waals surface area contributed by atoms with Gasteiger partial charge in [-0.25, -0.2) is 0 Å². The van der Waals surface area contributed by atoms with Crippen LogP contribution >= 0.6 is 15.9 Å². The van der Waals surface area contributed by atoms with Crippen LogP contribution in [-0.4, -0.2) is 5.60 Å². The van der Waals surface area contributed by atoms with E-state index >= 15 is 0 Å². The highest BCUT2D eigenvalue weighted by Crippen LogP contribution is 2.43. The molecule has 21 heavy (non-hydrogen) atoms. The van der Waals surface area contributed by atoms with Crippen molar-refractivity contribution in [1.29, 1.82) is 5.26 Å². The number of fused-ring (bicyclic) bond motifs is 1. The largest absolute Gasteiger partial charge is 0.483 e. The maximum absolute atomic E-state index is 9.19. The van der Waals surface area contributed by atoms with Crippen LogP contribution in [-0.2, 0) is 6.42 Å². The highest BCUT2D eigenvalue weighted by Gasteiger charge is 2.32. The molecule has 0 bridgehead atoms. The molecule has 0 saturated heterocycles. The van der Waals surface area contributed by atoms with E-state index in [1.54, 1.807) is 12.1 Å². The molecule has 0 amide bonds. The van der Waals surface area contributed by atoms with E-state index in [0.29, 0.717) is 17.1 Å². The molecular formula is C17H14BrNO2. The van der Waals surface area contributed by atoms with Gasteiger partial charge in [0.25, 0.3) is 0 Å². The van der Waals surface area contributed by atoms with Crippen molar-refractivity contribution in [3.8, 4) is 23.3 Å². The van der Waals surface area contributed by atoms with E-state index < -0.39 is 0 Å². The third kappa shape index (κ3) is 2.74. The summed E-state index contributed by atoms with van der Waals surface area (Å²) in [7, 11) is 0. The molecule has 0 unspecified atom stereocenters. The van der Waals surface area contributed by atoms with Crippen LogP contribution in [0.1, 0.15) is 25.0 Å². The molecule has 4 heteroatoms. The smallest absolute Gasteiger partial charge is 0.169 e. The highest BCUT2D eigenvalue weighted by atomic mass is 79.9. The summed E-state index contributed by atoms with van der Waals surface area (Å²) in [5.41, 5.74) is 1.40. The number of para-hydroxylation sites is 1. The van der Waals surface area contributed by atoms with Gasteiger partial charge in [0.05, 0.1) is 5.56 Å². The van der Waals surface area contributed by atoms with Gasteiger partial charge >= 0.3 is 0 Å². The molecule has 1 aliphatic heterocycles. The normalized spacial score (nSPS) is 15.0. The van der Waals surface area contributed by atoms with Crippen molar-refractivity contribution in [3.63, 3.8) is 0 Å². The van der Waals surface area contributed by atoms with Crippen molar-refractivity contribution in [2.75, 3.05) is 0 Å². The minimum Gasteiger partial charge on any atom is -0.483 e. The number of nitriles is 1. The van der Waals surface area contributed by atoms with Gasteiger partial charge in [0.2, 0.25) is 0 Å². The summed E-state index contributed by atoms with van der Waals surface area (Å²) in [5.74, 6) is 1.94. The van der Waals surface area contributed by atoms with Crippen molar-refractivity contribution in [3.05, 3.63) is 52.0 Å². The summed E-state index contributed by atoms with van der Waals surface area (Å²) in [6.07, 6.45) is 0.850. The fourth-order valence-electron chi connectivity index (χ4n) is 2.46. The third-order valence-corrected chi connectivity index (χ3v) is 3.83. The van der Waals surface area contributed by atoms with Crippen LogP contribution in [0.2, 0.25) is 0 Å². The molecule has 2 aromatic rings. The number of rotatable bonds is 2. The van der Waals surface area contributed by atoms with E-state index in [-0.39, 0.29) is 5.60 Å². The second kappa shape index (κ2) is 5.09. The summed E-state index contributed by atoms with van der Waals surface area (Å²) in [6.45, 7) is 4.10. The van der Waals surface area contributed by atoms with Gasteiger partial charge in [-0.3, -0.25) is 0 Å². The van der Waals surface area contributed by atoms with Gasteiger partial charge in [-0.1, -0.05) is 28.1 Å². The Bertz CT molecular complexity index is 747. The van der Waals surface area contributed by atoms with Crippen molar-refractivity contribution in [1.82, 2.24) is 0 Å². The monoisotopic (exact) mass is 343 g/mol. The lowest BCUT2D eigenvalue weighted by Crippen LogP contribution is -2.24. The molecule has 1 aliphatic rings. The first kappa shape index (κ1) is 14.0. The van der Waals surface area contributed by atoms with E-state index in [0.717, 1.165) is 22.2 Å². The summed E-state index contributed by atoms with van der Waals surface area (Å²) in [4.78, 5) is 0. The molecule has 106 valence electrons. The van der Waals surface area contributed by atoms with Gasteiger partial charge in [-0.2, -0.15) is 5.26 Å². The molecule has 3 rings (SSSR count). The maximum Gasteiger partial charge on any atom is 0.169 e. The summed E-state index contributed by atoms with van der Waals surface area (Å²) < 4.78 is 12.8. The van der Waals surface area contributed by atoms with Gasteiger partial charge < -0.3 is 9.47 Å². The second-order valence-electron chi connectivity index (χ2n) is 5.64. The number of hydrogen-bond acceptors (Lipinski definition) is 3. The number of halogens is 1. The first-order chi connectivity index (χ1) is 9.98. The quantitative estimate of drug-likeness (QED) is 0.784. The first-order valence-electron chi connectivity index (χ1n) is 6.67. The Labute approximate surface area is 132 Å². The summed E-state index contributed by atoms with van der Waals surface area (Å²) >= 11 is 3.40. The highest BCUT2D eigenvalue weighted by molar-refractivity contribution is 9.10. The van der Waals surface area contributed by atoms with Gasteiger partial charge in [0.1, 0.15) is 17.4 Å². The standard InChI is InChI=1S/C17H14BrNO2/c1-17(2)9-11-4-3-5-14(16(11)21-17)20-15-8-13(18)7-6-12(15)10-19/h3-8H,9H2,1-2H3. The first-order valence-corrected chi connectivity index (χ1v) is 7.46. The van der Waals surface area contributed by atoms with Crippen LogP contribution < -0.4 is 9.47 Å². The molecule has 0 fully saturated rings. The average molecular weight is 344 g/mol. The van der Waals surface area contributed by atoms with E-state index in [9.17, 15) is 5.26 Å². The molecule has 1 heterocycles. The Balaban J connectivity index is 2.00. The molecule has 2 aromatic carbocycles. The fourth-order valence-corrected chi connectivity index (χ4v) is 2.80. The Hall–Kier alpha value is -1.99. The minimum atomic E-state index is -0.225. The lowest BCUT2D eigenvalue weighted by atomic mass is 10.0. The van der Waals surface area contributed by atoms with Crippen LogP contribution in [0.4, 0.5) is 0 Å².